The molecule has 2 N–H and O–H groups in total. The van der Waals surface area contributed by atoms with E-state index in [1.54, 1.807) is 11.9 Å². The molecule has 1 rings (SSSR count). The van der Waals surface area contributed by atoms with E-state index in [0.29, 0.717) is 19.7 Å². The Morgan fingerprint density at radius 3 is 2.68 bits per heavy atom. The van der Waals surface area contributed by atoms with Gasteiger partial charge < -0.3 is 20.1 Å². The lowest BCUT2D eigenvalue weighted by molar-refractivity contribution is -0.146. The highest BCUT2D eigenvalue weighted by Crippen LogP contribution is 2.22. The largest absolute Gasteiger partial charge is 0.481 e. The lowest BCUT2D eigenvalue weighted by Crippen LogP contribution is -2.49. The number of amides is 1. The number of hydrogen-bond acceptors (Lipinski definition) is 4. The summed E-state index contributed by atoms with van der Waals surface area (Å²) in [5.41, 5.74) is 0. The molecule has 19 heavy (non-hydrogen) atoms. The van der Waals surface area contributed by atoms with E-state index >= 15 is 0 Å². The van der Waals surface area contributed by atoms with Crippen LogP contribution in [0.15, 0.2) is 0 Å². The molecule has 6 nitrogen and oxygen atoms in total. The van der Waals surface area contributed by atoms with Crippen molar-refractivity contribution in [1.29, 1.82) is 0 Å². The van der Waals surface area contributed by atoms with Crippen molar-refractivity contribution < 1.29 is 19.4 Å². The second kappa shape index (κ2) is 7.45. The molecule has 1 aliphatic rings. The number of ether oxygens (including phenoxy) is 1. The topological polar surface area (TPSA) is 78.9 Å². The van der Waals surface area contributed by atoms with Crippen LogP contribution in [0.3, 0.4) is 0 Å². The SMILES string of the molecule is CCCN(C(=O)C(C)CNC)C1COCC1C(=O)O. The number of rotatable bonds is 7. The number of carbonyl (C=O) groups excluding carboxylic acids is 1. The molecule has 3 unspecified atom stereocenters. The average Bonchev–Trinajstić information content (AvgIpc) is 2.84. The monoisotopic (exact) mass is 272 g/mol. The van der Waals surface area contributed by atoms with E-state index in [1.807, 2.05) is 13.8 Å². The van der Waals surface area contributed by atoms with Crippen LogP contribution in [0.2, 0.25) is 0 Å². The third-order valence-electron chi connectivity index (χ3n) is 3.45. The fourth-order valence-electron chi connectivity index (χ4n) is 2.44. The van der Waals surface area contributed by atoms with Crippen LogP contribution < -0.4 is 5.32 Å². The van der Waals surface area contributed by atoms with E-state index in [-0.39, 0.29) is 24.5 Å². The van der Waals surface area contributed by atoms with Gasteiger partial charge in [-0.1, -0.05) is 13.8 Å². The number of hydrogen-bond donors (Lipinski definition) is 2. The van der Waals surface area contributed by atoms with Crippen LogP contribution in [0.5, 0.6) is 0 Å². The van der Waals surface area contributed by atoms with Crippen molar-refractivity contribution in [2.24, 2.45) is 11.8 Å². The Kier molecular flexibility index (Phi) is 6.24. The van der Waals surface area contributed by atoms with Gasteiger partial charge in [-0.25, -0.2) is 0 Å². The normalized spacial score (nSPS) is 24.2. The Balaban J connectivity index is 2.81. The van der Waals surface area contributed by atoms with Gasteiger partial charge in [0, 0.05) is 19.0 Å². The summed E-state index contributed by atoms with van der Waals surface area (Å²) in [6.45, 7) is 5.50. The lowest BCUT2D eigenvalue weighted by atomic mass is 10.00. The maximum absolute atomic E-state index is 12.4. The number of nitrogens with one attached hydrogen (secondary N) is 1. The number of carboxylic acid groups (broad SMARTS) is 1. The molecular weight excluding hydrogens is 248 g/mol. The Bertz CT molecular complexity index is 322. The van der Waals surface area contributed by atoms with Crippen LogP contribution in [0, 0.1) is 11.8 Å². The number of aliphatic carboxylic acids is 1. The Morgan fingerprint density at radius 2 is 2.16 bits per heavy atom. The Hall–Kier alpha value is -1.14. The summed E-state index contributed by atoms with van der Waals surface area (Å²) in [4.78, 5) is 25.3. The first-order chi connectivity index (χ1) is 9.02. The zero-order chi connectivity index (χ0) is 14.4. The quantitative estimate of drug-likeness (QED) is 0.691. The highest BCUT2D eigenvalue weighted by molar-refractivity contribution is 5.80. The first kappa shape index (κ1) is 15.9. The molecule has 1 fully saturated rings. The van der Waals surface area contributed by atoms with Crippen molar-refractivity contribution in [1.82, 2.24) is 10.2 Å². The van der Waals surface area contributed by atoms with Gasteiger partial charge >= 0.3 is 5.97 Å². The second-order valence-corrected chi connectivity index (χ2v) is 5.04. The minimum absolute atomic E-state index is 0.00190. The molecule has 0 aromatic heterocycles. The summed E-state index contributed by atoms with van der Waals surface area (Å²) in [5, 5.41) is 12.2. The zero-order valence-corrected chi connectivity index (χ0v) is 11.9. The maximum atomic E-state index is 12.4. The second-order valence-electron chi connectivity index (χ2n) is 5.04. The molecule has 0 aromatic carbocycles. The van der Waals surface area contributed by atoms with E-state index in [0.717, 1.165) is 6.42 Å². The minimum atomic E-state index is -0.891. The van der Waals surface area contributed by atoms with Gasteiger partial charge in [0.25, 0.3) is 0 Å². The van der Waals surface area contributed by atoms with Crippen LogP contribution in [0.4, 0.5) is 0 Å². The van der Waals surface area contributed by atoms with Gasteiger partial charge in [-0.15, -0.1) is 0 Å². The smallest absolute Gasteiger partial charge is 0.311 e. The fourth-order valence-corrected chi connectivity index (χ4v) is 2.44. The van der Waals surface area contributed by atoms with Crippen LogP contribution in [0.1, 0.15) is 20.3 Å². The number of carboxylic acids is 1. The number of nitrogens with zero attached hydrogens (tertiary/aromatic N) is 1. The number of carbonyl (C=O) groups is 2. The van der Waals surface area contributed by atoms with E-state index in [9.17, 15) is 14.7 Å². The highest BCUT2D eigenvalue weighted by Gasteiger charge is 2.40. The summed E-state index contributed by atoms with van der Waals surface area (Å²) in [5.74, 6) is -1.67. The first-order valence-corrected chi connectivity index (χ1v) is 6.78. The van der Waals surface area contributed by atoms with E-state index in [4.69, 9.17) is 4.74 Å². The Labute approximate surface area is 114 Å². The summed E-state index contributed by atoms with van der Waals surface area (Å²) < 4.78 is 5.26. The summed E-state index contributed by atoms with van der Waals surface area (Å²) in [6.07, 6.45) is 0.806. The summed E-state index contributed by atoms with van der Waals surface area (Å²) >= 11 is 0. The molecule has 0 radical (unpaired) electrons. The van der Waals surface area contributed by atoms with Crippen LogP contribution in [-0.2, 0) is 14.3 Å². The highest BCUT2D eigenvalue weighted by atomic mass is 16.5. The molecule has 0 bridgehead atoms. The summed E-state index contributed by atoms with van der Waals surface area (Å²) in [6, 6.07) is -0.343. The van der Waals surface area contributed by atoms with Crippen molar-refractivity contribution >= 4 is 11.9 Å². The third-order valence-corrected chi connectivity index (χ3v) is 3.45. The molecule has 110 valence electrons. The van der Waals surface area contributed by atoms with E-state index < -0.39 is 11.9 Å². The third kappa shape index (κ3) is 3.91. The first-order valence-electron chi connectivity index (χ1n) is 6.78. The molecule has 0 aromatic rings. The average molecular weight is 272 g/mol. The van der Waals surface area contributed by atoms with Crippen molar-refractivity contribution in [3.05, 3.63) is 0 Å². The van der Waals surface area contributed by atoms with E-state index in [1.165, 1.54) is 0 Å². The van der Waals surface area contributed by atoms with Gasteiger partial charge in [0.1, 0.15) is 5.92 Å². The lowest BCUT2D eigenvalue weighted by Gasteiger charge is -2.32. The molecule has 0 aliphatic carbocycles. The maximum Gasteiger partial charge on any atom is 0.311 e. The molecule has 1 aliphatic heterocycles. The molecule has 6 heteroatoms. The molecule has 1 saturated heterocycles. The van der Waals surface area contributed by atoms with Gasteiger partial charge in [-0.2, -0.15) is 0 Å². The standard InChI is InChI=1S/C13H24N2O4/c1-4-5-15(12(16)9(2)6-14-3)11-8-19-7-10(11)13(17)18/h9-11,14H,4-8H2,1-3H3,(H,17,18). The van der Waals surface area contributed by atoms with Gasteiger partial charge in [-0.3, -0.25) is 9.59 Å². The molecule has 0 spiro atoms. The van der Waals surface area contributed by atoms with Crippen molar-refractivity contribution in [3.63, 3.8) is 0 Å². The van der Waals surface area contributed by atoms with Crippen molar-refractivity contribution in [3.8, 4) is 0 Å². The molecule has 1 heterocycles. The zero-order valence-electron chi connectivity index (χ0n) is 11.9. The predicted molar refractivity (Wildman–Crippen MR) is 70.8 cm³/mol. The van der Waals surface area contributed by atoms with E-state index in [2.05, 4.69) is 5.32 Å². The predicted octanol–water partition coefficient (Wildman–Crippen LogP) is 0.180. The van der Waals surface area contributed by atoms with Crippen LogP contribution >= 0.6 is 0 Å². The molecular formula is C13H24N2O4. The van der Waals surface area contributed by atoms with Gasteiger partial charge in [-0.05, 0) is 13.5 Å². The molecule has 3 atom stereocenters. The van der Waals surface area contributed by atoms with Crippen LogP contribution in [-0.4, -0.2) is 61.3 Å². The summed E-state index contributed by atoms with van der Waals surface area (Å²) in [7, 11) is 1.80. The van der Waals surface area contributed by atoms with Gasteiger partial charge in [0.2, 0.25) is 5.91 Å². The fraction of sp³-hybridized carbons (Fsp3) is 0.846. The minimum Gasteiger partial charge on any atom is -0.481 e. The molecule has 1 amide bonds. The van der Waals surface area contributed by atoms with Gasteiger partial charge in [0.05, 0.1) is 19.3 Å². The van der Waals surface area contributed by atoms with Crippen molar-refractivity contribution in [2.45, 2.75) is 26.3 Å². The van der Waals surface area contributed by atoms with Crippen LogP contribution in [0.25, 0.3) is 0 Å². The van der Waals surface area contributed by atoms with Crippen molar-refractivity contribution in [2.75, 3.05) is 33.4 Å². The van der Waals surface area contributed by atoms with Gasteiger partial charge in [0.15, 0.2) is 0 Å². The Morgan fingerprint density at radius 1 is 1.47 bits per heavy atom. The molecule has 0 saturated carbocycles.